The lowest BCUT2D eigenvalue weighted by atomic mass is 9.98. The third-order valence-corrected chi connectivity index (χ3v) is 3.86. The molecule has 1 amide bonds. The average Bonchev–Trinajstić information content (AvgIpc) is 2.21. The SMILES string of the molecule is CC(=O)SC(C(=O)O)N1C(=O)C(N)C1CBr.Cl. The van der Waals surface area contributed by atoms with Crippen molar-refractivity contribution in [3.05, 3.63) is 0 Å². The molecular weight excluding hydrogens is 336 g/mol. The van der Waals surface area contributed by atoms with Crippen LogP contribution in [0.2, 0.25) is 0 Å². The Morgan fingerprint density at radius 2 is 2.18 bits per heavy atom. The molecule has 0 aromatic rings. The van der Waals surface area contributed by atoms with Gasteiger partial charge in [0, 0.05) is 12.3 Å². The maximum atomic E-state index is 11.5. The normalized spacial score (nSPS) is 24.6. The van der Waals surface area contributed by atoms with Crippen LogP contribution in [-0.4, -0.2) is 49.8 Å². The second-order valence-corrected chi connectivity index (χ2v) is 5.20. The lowest BCUT2D eigenvalue weighted by Gasteiger charge is -2.46. The molecule has 1 aliphatic rings. The molecule has 1 fully saturated rings. The fraction of sp³-hybridized carbons (Fsp3) is 0.625. The van der Waals surface area contributed by atoms with Crippen molar-refractivity contribution in [2.45, 2.75) is 24.4 Å². The molecule has 1 saturated heterocycles. The van der Waals surface area contributed by atoms with Gasteiger partial charge in [0.2, 0.25) is 5.91 Å². The predicted octanol–water partition coefficient (Wildman–Crippen LogP) is 0.0316. The first kappa shape index (κ1) is 16.7. The molecule has 3 atom stereocenters. The Morgan fingerprint density at radius 3 is 2.53 bits per heavy atom. The number of carbonyl (C=O) groups excluding carboxylic acids is 2. The van der Waals surface area contributed by atoms with Gasteiger partial charge in [-0.15, -0.1) is 12.4 Å². The van der Waals surface area contributed by atoms with Gasteiger partial charge in [0.15, 0.2) is 10.5 Å². The van der Waals surface area contributed by atoms with Gasteiger partial charge in [-0.05, 0) is 0 Å². The van der Waals surface area contributed by atoms with Crippen molar-refractivity contribution in [1.82, 2.24) is 4.90 Å². The van der Waals surface area contributed by atoms with E-state index in [9.17, 15) is 14.4 Å². The number of aliphatic carboxylic acids is 1. The summed E-state index contributed by atoms with van der Waals surface area (Å²) in [5.74, 6) is -1.66. The van der Waals surface area contributed by atoms with E-state index in [-0.39, 0.29) is 23.6 Å². The first-order valence-corrected chi connectivity index (χ1v) is 6.44. The molecular formula is C8H12BrClN2O4S. The highest BCUT2D eigenvalue weighted by Crippen LogP contribution is 2.29. The van der Waals surface area contributed by atoms with E-state index in [1.54, 1.807) is 0 Å². The Kier molecular flexibility index (Phi) is 6.46. The molecule has 0 saturated carbocycles. The summed E-state index contributed by atoms with van der Waals surface area (Å²) in [6.07, 6.45) is 0. The third kappa shape index (κ3) is 3.34. The highest BCUT2D eigenvalue weighted by molar-refractivity contribution is 9.09. The van der Waals surface area contributed by atoms with E-state index in [0.29, 0.717) is 17.1 Å². The molecule has 0 aliphatic carbocycles. The van der Waals surface area contributed by atoms with Crippen LogP contribution in [0.5, 0.6) is 0 Å². The first-order valence-electron chi connectivity index (χ1n) is 4.44. The molecule has 0 spiro atoms. The summed E-state index contributed by atoms with van der Waals surface area (Å²) in [4.78, 5) is 34.4. The van der Waals surface area contributed by atoms with E-state index in [1.807, 2.05) is 0 Å². The zero-order valence-corrected chi connectivity index (χ0v) is 12.0. The molecule has 1 aliphatic heterocycles. The summed E-state index contributed by atoms with van der Waals surface area (Å²) in [5.41, 5.74) is 5.53. The summed E-state index contributed by atoms with van der Waals surface area (Å²) in [6.45, 7) is 1.26. The average molecular weight is 348 g/mol. The second kappa shape index (κ2) is 6.58. The van der Waals surface area contributed by atoms with Crippen molar-refractivity contribution in [2.24, 2.45) is 5.73 Å². The maximum Gasteiger partial charge on any atom is 0.337 e. The van der Waals surface area contributed by atoms with E-state index in [0.717, 1.165) is 4.90 Å². The van der Waals surface area contributed by atoms with E-state index in [1.165, 1.54) is 6.92 Å². The molecule has 3 N–H and O–H groups in total. The predicted molar refractivity (Wildman–Crippen MR) is 69.3 cm³/mol. The van der Waals surface area contributed by atoms with Gasteiger partial charge in [-0.3, -0.25) is 9.59 Å². The topological polar surface area (TPSA) is 101 Å². The number of nitrogens with zero attached hydrogens (tertiary/aromatic N) is 1. The number of likely N-dealkylation sites (tertiary alicyclic amines) is 1. The Balaban J connectivity index is 0.00000256. The van der Waals surface area contributed by atoms with Crippen molar-refractivity contribution in [3.63, 3.8) is 0 Å². The Labute approximate surface area is 117 Å². The number of hydrogen-bond acceptors (Lipinski definition) is 5. The van der Waals surface area contributed by atoms with Gasteiger partial charge in [0.25, 0.3) is 0 Å². The fourth-order valence-electron chi connectivity index (χ4n) is 1.43. The van der Waals surface area contributed by atoms with Gasteiger partial charge in [-0.2, -0.15) is 0 Å². The molecule has 1 heterocycles. The standard InChI is InChI=1S/C8H11BrN2O4S.ClH/c1-3(12)16-7(8(14)15)11-4(2-9)5(10)6(11)13;/h4-5,7H,2,10H2,1H3,(H,14,15);1H. The van der Waals surface area contributed by atoms with Crippen molar-refractivity contribution >= 4 is 57.1 Å². The zero-order chi connectivity index (χ0) is 12.5. The fourth-order valence-corrected chi connectivity index (χ4v) is 2.94. The van der Waals surface area contributed by atoms with Gasteiger partial charge in [0.1, 0.15) is 6.04 Å². The Morgan fingerprint density at radius 1 is 1.65 bits per heavy atom. The number of hydrogen-bond donors (Lipinski definition) is 2. The van der Waals surface area contributed by atoms with Crippen molar-refractivity contribution < 1.29 is 19.5 Å². The van der Waals surface area contributed by atoms with E-state index >= 15 is 0 Å². The van der Waals surface area contributed by atoms with E-state index in [2.05, 4.69) is 15.9 Å². The number of thioether (sulfide) groups is 1. The Hall–Kier alpha value is -0.310. The number of carboxylic acids is 1. The van der Waals surface area contributed by atoms with E-state index in [4.69, 9.17) is 10.8 Å². The van der Waals surface area contributed by atoms with Gasteiger partial charge >= 0.3 is 5.97 Å². The zero-order valence-electron chi connectivity index (χ0n) is 8.83. The van der Waals surface area contributed by atoms with Crippen molar-refractivity contribution in [3.8, 4) is 0 Å². The summed E-state index contributed by atoms with van der Waals surface area (Å²) >= 11 is 3.76. The van der Waals surface area contributed by atoms with E-state index < -0.39 is 23.3 Å². The van der Waals surface area contributed by atoms with Gasteiger partial charge in [0.05, 0.1) is 6.04 Å². The molecule has 1 rings (SSSR count). The summed E-state index contributed by atoms with van der Waals surface area (Å²) < 4.78 is 0. The van der Waals surface area contributed by atoms with Gasteiger partial charge < -0.3 is 15.7 Å². The van der Waals surface area contributed by atoms with Crippen LogP contribution in [0.25, 0.3) is 0 Å². The number of halogens is 2. The minimum atomic E-state index is -1.22. The molecule has 3 unspecified atom stereocenters. The quantitative estimate of drug-likeness (QED) is 0.550. The highest BCUT2D eigenvalue weighted by atomic mass is 79.9. The number of rotatable bonds is 4. The summed E-state index contributed by atoms with van der Waals surface area (Å²) in [7, 11) is 0. The summed E-state index contributed by atoms with van der Waals surface area (Å²) in [5, 5.41) is 7.80. The van der Waals surface area contributed by atoms with Crippen LogP contribution in [0.1, 0.15) is 6.92 Å². The Bertz CT molecular complexity index is 343. The van der Waals surface area contributed by atoms with Gasteiger partial charge in [-0.1, -0.05) is 27.7 Å². The highest BCUT2D eigenvalue weighted by Gasteiger charge is 2.50. The molecule has 98 valence electrons. The molecule has 9 heteroatoms. The number of carboxylic acid groups (broad SMARTS) is 1. The van der Waals surface area contributed by atoms with Crippen molar-refractivity contribution in [2.75, 3.05) is 5.33 Å². The van der Waals surface area contributed by atoms with Crippen LogP contribution in [0.3, 0.4) is 0 Å². The molecule has 0 radical (unpaired) electrons. The van der Waals surface area contributed by atoms with Crippen LogP contribution in [0.4, 0.5) is 0 Å². The number of nitrogens with two attached hydrogens (primary N) is 1. The number of carbonyl (C=O) groups is 3. The van der Waals surface area contributed by atoms with Gasteiger partial charge in [-0.25, -0.2) is 4.79 Å². The molecule has 0 bridgehead atoms. The van der Waals surface area contributed by atoms with Crippen LogP contribution < -0.4 is 5.73 Å². The number of alkyl halides is 1. The van der Waals surface area contributed by atoms with Crippen LogP contribution >= 0.6 is 40.1 Å². The third-order valence-electron chi connectivity index (χ3n) is 2.21. The number of β-lactam (4-membered cyclic amide) rings is 1. The van der Waals surface area contributed by atoms with Crippen LogP contribution in [-0.2, 0) is 14.4 Å². The smallest absolute Gasteiger partial charge is 0.337 e. The molecule has 0 aromatic heterocycles. The second-order valence-electron chi connectivity index (χ2n) is 3.29. The lowest BCUT2D eigenvalue weighted by molar-refractivity contribution is -0.158. The molecule has 17 heavy (non-hydrogen) atoms. The first-order chi connectivity index (χ1) is 7.40. The number of amides is 1. The minimum absolute atomic E-state index is 0. The minimum Gasteiger partial charge on any atom is -0.479 e. The lowest BCUT2D eigenvalue weighted by Crippen LogP contribution is -2.72. The summed E-state index contributed by atoms with van der Waals surface area (Å²) in [6, 6.07) is -1.06. The largest absolute Gasteiger partial charge is 0.479 e. The van der Waals surface area contributed by atoms with Crippen LogP contribution in [0.15, 0.2) is 0 Å². The molecule has 0 aromatic carbocycles. The van der Waals surface area contributed by atoms with Crippen LogP contribution in [0, 0.1) is 0 Å². The maximum absolute atomic E-state index is 11.5. The van der Waals surface area contributed by atoms with Crippen molar-refractivity contribution in [1.29, 1.82) is 0 Å². The monoisotopic (exact) mass is 346 g/mol. The molecule has 6 nitrogen and oxygen atoms in total.